The highest BCUT2D eigenvalue weighted by Crippen LogP contribution is 2.45. The second-order valence-electron chi connectivity index (χ2n) is 13.3. The zero-order valence-electron chi connectivity index (χ0n) is 26.2. The van der Waals surface area contributed by atoms with Crippen LogP contribution in [0.1, 0.15) is 59.3 Å². The minimum Gasteiger partial charge on any atom is -0.497 e. The monoisotopic (exact) mass is 622 g/mol. The fourth-order valence-electron chi connectivity index (χ4n) is 6.32. The molecule has 3 aliphatic rings. The molecule has 1 saturated heterocycles. The molecule has 0 radical (unpaired) electrons. The summed E-state index contributed by atoms with van der Waals surface area (Å²) < 4.78 is 17.2. The van der Waals surface area contributed by atoms with Gasteiger partial charge in [-0.2, -0.15) is 0 Å². The lowest BCUT2D eigenvalue weighted by Gasteiger charge is -2.35. The van der Waals surface area contributed by atoms with Crippen LogP contribution in [0.4, 0.5) is 4.79 Å². The number of alkyl carbamates (subject to hydrolysis) is 1. The van der Waals surface area contributed by atoms with Gasteiger partial charge >= 0.3 is 12.1 Å². The van der Waals surface area contributed by atoms with Gasteiger partial charge in [0, 0.05) is 23.9 Å². The van der Waals surface area contributed by atoms with E-state index in [-0.39, 0.29) is 25.5 Å². The second-order valence-corrected chi connectivity index (χ2v) is 13.3. The average molecular weight is 623 g/mol. The lowest BCUT2D eigenvalue weighted by Crippen LogP contribution is -2.59. The number of hydrogen-bond acceptors (Lipinski definition) is 8. The third-order valence-corrected chi connectivity index (χ3v) is 9.04. The van der Waals surface area contributed by atoms with E-state index >= 15 is 0 Å². The largest absolute Gasteiger partial charge is 0.497 e. The first kappa shape index (κ1) is 32.1. The average Bonchev–Trinajstić information content (AvgIpc) is 3.28. The molecule has 5 rings (SSSR count). The van der Waals surface area contributed by atoms with E-state index in [0.717, 1.165) is 36.5 Å². The lowest BCUT2D eigenvalue weighted by atomic mass is 9.85. The highest BCUT2D eigenvalue weighted by molar-refractivity contribution is 5.96. The number of methoxy groups -OCH3 is 1. The number of ether oxygens (including phenoxy) is 3. The van der Waals surface area contributed by atoms with Crippen molar-refractivity contribution in [1.29, 1.82) is 0 Å². The number of benzene rings is 1. The van der Waals surface area contributed by atoms with Gasteiger partial charge in [0.1, 0.15) is 35.6 Å². The van der Waals surface area contributed by atoms with Crippen LogP contribution < -0.4 is 20.1 Å². The molecule has 5 unspecified atom stereocenters. The molecule has 2 heterocycles. The number of aliphatic carboxylic acids is 1. The number of aromatic nitrogens is 1. The maximum absolute atomic E-state index is 14.3. The molecule has 1 aromatic carbocycles. The Balaban J connectivity index is 1.41. The third kappa shape index (κ3) is 6.69. The van der Waals surface area contributed by atoms with E-state index in [0.29, 0.717) is 11.6 Å². The number of carboxylic acid groups (broad SMARTS) is 1. The van der Waals surface area contributed by atoms with Crippen molar-refractivity contribution in [2.75, 3.05) is 13.7 Å². The van der Waals surface area contributed by atoms with E-state index in [1.54, 1.807) is 19.4 Å². The molecule has 12 nitrogen and oxygen atoms in total. The first-order valence-electron chi connectivity index (χ1n) is 15.4. The molecule has 3 fully saturated rings. The predicted molar refractivity (Wildman–Crippen MR) is 165 cm³/mol. The number of nitrogens with one attached hydrogen (secondary N) is 2. The van der Waals surface area contributed by atoms with E-state index in [2.05, 4.69) is 22.2 Å². The molecule has 2 aliphatic carbocycles. The highest BCUT2D eigenvalue weighted by atomic mass is 16.6. The van der Waals surface area contributed by atoms with Crippen LogP contribution in [-0.4, -0.2) is 82.4 Å². The van der Waals surface area contributed by atoms with E-state index in [1.807, 2.05) is 39.0 Å². The van der Waals surface area contributed by atoms with Gasteiger partial charge in [-0.15, -0.1) is 6.58 Å². The Labute approximate surface area is 262 Å². The molecule has 45 heavy (non-hydrogen) atoms. The van der Waals surface area contributed by atoms with Gasteiger partial charge in [-0.25, -0.2) is 14.6 Å². The molecular weight excluding hydrogens is 580 g/mol. The molecular formula is C33H42N4O8. The molecule has 0 bridgehead atoms. The summed E-state index contributed by atoms with van der Waals surface area (Å²) in [6.07, 6.45) is 5.40. The minimum absolute atomic E-state index is 0.0159. The molecule has 1 aliphatic heterocycles. The van der Waals surface area contributed by atoms with Crippen LogP contribution in [0.15, 0.2) is 43.1 Å². The Kier molecular flexibility index (Phi) is 8.95. The Morgan fingerprint density at radius 3 is 2.51 bits per heavy atom. The number of hydrogen-bond donors (Lipinski definition) is 3. The van der Waals surface area contributed by atoms with Crippen LogP contribution >= 0.6 is 0 Å². The third-order valence-electron chi connectivity index (χ3n) is 9.04. The molecule has 3 amide bonds. The van der Waals surface area contributed by atoms with E-state index < -0.39 is 58.9 Å². The van der Waals surface area contributed by atoms with Crippen molar-refractivity contribution in [2.24, 2.45) is 11.3 Å². The van der Waals surface area contributed by atoms with Crippen LogP contribution in [0.5, 0.6) is 11.6 Å². The molecule has 242 valence electrons. The topological polar surface area (TPSA) is 156 Å². The fourth-order valence-corrected chi connectivity index (χ4v) is 6.32. The Morgan fingerprint density at radius 2 is 1.89 bits per heavy atom. The lowest BCUT2D eigenvalue weighted by molar-refractivity contribution is -0.146. The van der Waals surface area contributed by atoms with Gasteiger partial charge in [0.15, 0.2) is 0 Å². The van der Waals surface area contributed by atoms with Gasteiger partial charge in [0.25, 0.3) is 0 Å². The van der Waals surface area contributed by atoms with Gasteiger partial charge in [0.2, 0.25) is 17.7 Å². The number of pyridine rings is 1. The van der Waals surface area contributed by atoms with Crippen LogP contribution in [0.2, 0.25) is 0 Å². The van der Waals surface area contributed by atoms with Crippen molar-refractivity contribution in [3.63, 3.8) is 0 Å². The van der Waals surface area contributed by atoms with Crippen LogP contribution in [0, 0.1) is 11.3 Å². The molecule has 0 spiro atoms. The Bertz CT molecular complexity index is 1480. The smallest absolute Gasteiger partial charge is 0.408 e. The molecule has 2 saturated carbocycles. The summed E-state index contributed by atoms with van der Waals surface area (Å²) in [6.45, 7) is 9.16. The number of fused-ring (bicyclic) bond motifs is 1. The minimum atomic E-state index is -1.48. The van der Waals surface area contributed by atoms with Crippen LogP contribution in [-0.2, 0) is 19.1 Å². The maximum atomic E-state index is 14.3. The summed E-state index contributed by atoms with van der Waals surface area (Å²) in [5.74, 6) is -1.70. The number of carbonyl (C=O) groups excluding carboxylic acids is 3. The zero-order valence-corrected chi connectivity index (χ0v) is 26.2. The second kappa shape index (κ2) is 12.6. The molecule has 5 atom stereocenters. The number of nitrogens with zero attached hydrogens (tertiary/aromatic N) is 2. The van der Waals surface area contributed by atoms with Crippen molar-refractivity contribution in [3.05, 3.63) is 43.1 Å². The predicted octanol–water partition coefficient (Wildman–Crippen LogP) is 3.82. The van der Waals surface area contributed by atoms with Gasteiger partial charge < -0.3 is 34.9 Å². The van der Waals surface area contributed by atoms with Gasteiger partial charge in [-0.05, 0) is 67.2 Å². The quantitative estimate of drug-likeness (QED) is 0.335. The SMILES string of the molecule is C=CC1CC1(NC(=O)C1CC(Oc2nccc3cc(OC)ccc23)CN1C(=O)C(NC(=O)OC1CCCC1)C(C)(C)C)C(=O)O. The molecule has 12 heteroatoms. The number of likely N-dealkylation sites (tertiary alicyclic amines) is 1. The summed E-state index contributed by atoms with van der Waals surface area (Å²) in [7, 11) is 1.58. The summed E-state index contributed by atoms with van der Waals surface area (Å²) >= 11 is 0. The van der Waals surface area contributed by atoms with E-state index in [4.69, 9.17) is 14.2 Å². The Hall–Kier alpha value is -4.35. The molecule has 2 aromatic rings. The van der Waals surface area contributed by atoms with Crippen molar-refractivity contribution >= 4 is 34.6 Å². The maximum Gasteiger partial charge on any atom is 0.408 e. The number of amides is 3. The summed E-state index contributed by atoms with van der Waals surface area (Å²) in [5, 5.41) is 16.9. The van der Waals surface area contributed by atoms with E-state index in [9.17, 15) is 24.3 Å². The van der Waals surface area contributed by atoms with Crippen LogP contribution in [0.3, 0.4) is 0 Å². The normalized spacial score (nSPS) is 25.3. The summed E-state index contributed by atoms with van der Waals surface area (Å²) in [4.78, 5) is 58.9. The molecule has 3 N–H and O–H groups in total. The number of carboxylic acids is 1. The summed E-state index contributed by atoms with van der Waals surface area (Å²) in [5.41, 5.74) is -2.22. The van der Waals surface area contributed by atoms with Gasteiger partial charge in [-0.1, -0.05) is 26.8 Å². The Morgan fingerprint density at radius 1 is 1.16 bits per heavy atom. The van der Waals surface area contributed by atoms with Crippen molar-refractivity contribution in [1.82, 2.24) is 20.5 Å². The van der Waals surface area contributed by atoms with Crippen LogP contribution in [0.25, 0.3) is 10.8 Å². The van der Waals surface area contributed by atoms with Gasteiger partial charge in [0.05, 0.1) is 13.7 Å². The number of carbonyl (C=O) groups is 4. The number of rotatable bonds is 10. The standard InChI is InChI=1S/C33H42N4O8/c1-6-20-17-33(20,30(40)41)36-27(38)25-16-23(44-28-24-12-11-22(43-5)15-19(24)13-14-34-28)18-37(25)29(39)26(32(2,3)4)35-31(42)45-21-9-7-8-10-21/h6,11-15,20-21,23,25-26H,1,7-10,16-18H2,2-5H3,(H,35,42)(H,36,38)(H,40,41). The van der Waals surface area contributed by atoms with Crippen molar-refractivity contribution in [3.8, 4) is 11.6 Å². The first-order valence-corrected chi connectivity index (χ1v) is 15.4. The van der Waals surface area contributed by atoms with Crippen molar-refractivity contribution in [2.45, 2.75) is 89.1 Å². The summed E-state index contributed by atoms with van der Waals surface area (Å²) in [6, 6.07) is 5.21. The molecule has 1 aromatic heterocycles. The zero-order chi connectivity index (χ0) is 32.5. The van der Waals surface area contributed by atoms with Gasteiger partial charge in [-0.3, -0.25) is 9.59 Å². The van der Waals surface area contributed by atoms with E-state index in [1.165, 1.54) is 11.0 Å². The van der Waals surface area contributed by atoms with Crippen molar-refractivity contribution < 1.29 is 38.5 Å². The highest BCUT2D eigenvalue weighted by Gasteiger charge is 2.61. The first-order chi connectivity index (χ1) is 21.4. The fraction of sp³-hybridized carbons (Fsp3) is 0.545.